The fourth-order valence-corrected chi connectivity index (χ4v) is 4.24. The van der Waals surface area contributed by atoms with Gasteiger partial charge in [-0.25, -0.2) is 4.98 Å². The number of benzene rings is 1. The van der Waals surface area contributed by atoms with Crippen molar-refractivity contribution in [1.82, 2.24) is 19.7 Å². The van der Waals surface area contributed by atoms with Gasteiger partial charge in [0, 0.05) is 45.5 Å². The number of halogens is 4. The lowest BCUT2D eigenvalue weighted by molar-refractivity contribution is -0.274. The molecule has 0 bridgehead atoms. The quantitative estimate of drug-likeness (QED) is 0.526. The molecule has 1 amide bonds. The number of ether oxygens (including phenoxy) is 2. The normalized spacial score (nSPS) is 14.9. The highest BCUT2D eigenvalue weighted by atomic mass is 35.5. The molecule has 3 aromatic rings. The molecule has 0 unspecified atom stereocenters. The van der Waals surface area contributed by atoms with E-state index in [2.05, 4.69) is 19.7 Å². The van der Waals surface area contributed by atoms with Crippen molar-refractivity contribution in [3.63, 3.8) is 0 Å². The number of morpholine rings is 1. The molecule has 3 heterocycles. The number of amides is 1. The summed E-state index contributed by atoms with van der Waals surface area (Å²) < 4.78 is 49.0. The van der Waals surface area contributed by atoms with Gasteiger partial charge in [-0.2, -0.15) is 5.10 Å². The zero-order valence-corrected chi connectivity index (χ0v) is 18.7. The number of hydrogen-bond donors (Lipinski definition) is 0. The predicted molar refractivity (Wildman–Crippen MR) is 116 cm³/mol. The molecule has 1 aliphatic rings. The lowest BCUT2D eigenvalue weighted by atomic mass is 10.3. The van der Waals surface area contributed by atoms with E-state index in [0.717, 1.165) is 24.4 Å². The van der Waals surface area contributed by atoms with Gasteiger partial charge in [0.15, 0.2) is 10.8 Å². The van der Waals surface area contributed by atoms with Gasteiger partial charge in [0.2, 0.25) is 0 Å². The van der Waals surface area contributed by atoms with Crippen LogP contribution in [0.25, 0.3) is 10.2 Å². The maximum atomic E-state index is 13.2. The van der Waals surface area contributed by atoms with E-state index in [4.69, 9.17) is 4.74 Å². The zero-order valence-electron chi connectivity index (χ0n) is 17.0. The molecule has 8 nitrogen and oxygen atoms in total. The van der Waals surface area contributed by atoms with Crippen LogP contribution >= 0.6 is 23.7 Å². The molecule has 1 aromatic carbocycles. The zero-order chi connectivity index (χ0) is 22.0. The van der Waals surface area contributed by atoms with Gasteiger partial charge in [-0.3, -0.25) is 19.3 Å². The van der Waals surface area contributed by atoms with Crippen LogP contribution in [0.3, 0.4) is 0 Å². The molecule has 1 aliphatic heterocycles. The van der Waals surface area contributed by atoms with Crippen LogP contribution in [0.1, 0.15) is 10.5 Å². The molecule has 0 aliphatic carbocycles. The van der Waals surface area contributed by atoms with Crippen molar-refractivity contribution >= 4 is 45.0 Å². The fraction of sp³-hybridized carbons (Fsp3) is 0.421. The highest BCUT2D eigenvalue weighted by Gasteiger charge is 2.31. The summed E-state index contributed by atoms with van der Waals surface area (Å²) in [5.41, 5.74) is 0.754. The molecular weight excluding hydrogens is 471 g/mol. The summed E-state index contributed by atoms with van der Waals surface area (Å²) in [6.07, 6.45) is -3.10. The van der Waals surface area contributed by atoms with Crippen LogP contribution in [-0.4, -0.2) is 71.3 Å². The standard InChI is InChI=1S/C19H20F3N5O3S.ClH/c1-25-5-4-15(24-25)17(28)27(7-6-26-8-10-29-11-9-26)18-23-14-3-2-13(12-16(14)31-18)30-19(20,21)22;/h2-5,12H,6-11H2,1H3;1H. The predicted octanol–water partition coefficient (Wildman–Crippen LogP) is 3.33. The number of fused-ring (bicyclic) bond motifs is 1. The molecule has 0 radical (unpaired) electrons. The van der Waals surface area contributed by atoms with E-state index in [0.29, 0.717) is 41.7 Å². The minimum atomic E-state index is -4.78. The lowest BCUT2D eigenvalue weighted by Crippen LogP contribution is -2.43. The summed E-state index contributed by atoms with van der Waals surface area (Å²) in [6, 6.07) is 5.54. The summed E-state index contributed by atoms with van der Waals surface area (Å²) in [6.45, 7) is 3.78. The molecule has 4 rings (SSSR count). The molecule has 2 aromatic heterocycles. The van der Waals surface area contributed by atoms with E-state index < -0.39 is 6.36 Å². The first-order valence-corrected chi connectivity index (χ1v) is 10.4. The topological polar surface area (TPSA) is 72.7 Å². The van der Waals surface area contributed by atoms with E-state index in [-0.39, 0.29) is 29.8 Å². The van der Waals surface area contributed by atoms with E-state index in [9.17, 15) is 18.0 Å². The first-order valence-electron chi connectivity index (χ1n) is 9.56. The van der Waals surface area contributed by atoms with E-state index in [1.807, 2.05) is 0 Å². The van der Waals surface area contributed by atoms with Gasteiger partial charge in [-0.15, -0.1) is 25.6 Å². The molecule has 0 spiro atoms. The van der Waals surface area contributed by atoms with Gasteiger partial charge in [-0.1, -0.05) is 11.3 Å². The molecule has 1 saturated heterocycles. The van der Waals surface area contributed by atoms with Crippen LogP contribution in [-0.2, 0) is 11.8 Å². The van der Waals surface area contributed by atoms with Crippen molar-refractivity contribution in [3.8, 4) is 5.75 Å². The Morgan fingerprint density at radius 2 is 2.03 bits per heavy atom. The fourth-order valence-electron chi connectivity index (χ4n) is 3.22. The molecule has 1 fully saturated rings. The van der Waals surface area contributed by atoms with Crippen LogP contribution in [0.5, 0.6) is 5.75 Å². The van der Waals surface area contributed by atoms with Crippen LogP contribution < -0.4 is 9.64 Å². The van der Waals surface area contributed by atoms with Gasteiger partial charge >= 0.3 is 6.36 Å². The highest BCUT2D eigenvalue weighted by Crippen LogP contribution is 2.33. The van der Waals surface area contributed by atoms with Crippen molar-refractivity contribution in [1.29, 1.82) is 0 Å². The first kappa shape index (κ1) is 24.2. The average Bonchev–Trinajstić information content (AvgIpc) is 3.33. The van der Waals surface area contributed by atoms with Crippen molar-refractivity contribution < 1.29 is 27.4 Å². The van der Waals surface area contributed by atoms with Crippen molar-refractivity contribution in [2.45, 2.75) is 6.36 Å². The molecule has 174 valence electrons. The number of carbonyl (C=O) groups excluding carboxylic acids is 1. The maximum Gasteiger partial charge on any atom is 0.573 e. The van der Waals surface area contributed by atoms with E-state index in [1.54, 1.807) is 19.3 Å². The van der Waals surface area contributed by atoms with Gasteiger partial charge in [0.05, 0.1) is 23.4 Å². The third-order valence-electron chi connectivity index (χ3n) is 4.73. The van der Waals surface area contributed by atoms with Crippen LogP contribution in [0.2, 0.25) is 0 Å². The molecule has 13 heteroatoms. The van der Waals surface area contributed by atoms with E-state index >= 15 is 0 Å². The highest BCUT2D eigenvalue weighted by molar-refractivity contribution is 7.22. The van der Waals surface area contributed by atoms with Gasteiger partial charge in [0.25, 0.3) is 5.91 Å². The molecular formula is C19H21ClF3N5O3S. The number of nitrogens with zero attached hydrogens (tertiary/aromatic N) is 5. The number of carbonyl (C=O) groups is 1. The monoisotopic (exact) mass is 491 g/mol. The molecule has 0 atom stereocenters. The van der Waals surface area contributed by atoms with Gasteiger partial charge in [0.1, 0.15) is 5.75 Å². The molecule has 0 saturated carbocycles. The Labute approximate surface area is 191 Å². The summed E-state index contributed by atoms with van der Waals surface area (Å²) in [7, 11) is 1.72. The SMILES string of the molecule is Cl.Cn1ccc(C(=O)N(CCN2CCOCC2)c2nc3ccc(OC(F)(F)F)cc3s2)n1. The Morgan fingerprint density at radius 1 is 1.28 bits per heavy atom. The minimum Gasteiger partial charge on any atom is -0.406 e. The Morgan fingerprint density at radius 3 is 2.69 bits per heavy atom. The smallest absolute Gasteiger partial charge is 0.406 e. The van der Waals surface area contributed by atoms with Crippen molar-refractivity contribution in [2.24, 2.45) is 7.05 Å². The Hall–Kier alpha value is -2.41. The third kappa shape index (κ3) is 5.88. The summed E-state index contributed by atoms with van der Waals surface area (Å²) in [5.74, 6) is -0.647. The summed E-state index contributed by atoms with van der Waals surface area (Å²) in [4.78, 5) is 21.3. The Bertz CT molecular complexity index is 1070. The molecule has 32 heavy (non-hydrogen) atoms. The average molecular weight is 492 g/mol. The first-order chi connectivity index (χ1) is 14.8. The summed E-state index contributed by atoms with van der Waals surface area (Å²) in [5, 5.41) is 4.58. The Balaban J connectivity index is 0.00000289. The number of aryl methyl sites for hydroxylation is 1. The number of thiazole rings is 1. The number of aromatic nitrogens is 3. The number of anilines is 1. The second kappa shape index (κ2) is 10.0. The van der Waals surface area contributed by atoms with Crippen LogP contribution in [0.15, 0.2) is 30.5 Å². The van der Waals surface area contributed by atoms with E-state index in [1.165, 1.54) is 27.8 Å². The molecule has 0 N–H and O–H groups in total. The van der Waals surface area contributed by atoms with Crippen molar-refractivity contribution in [3.05, 3.63) is 36.2 Å². The largest absolute Gasteiger partial charge is 0.573 e. The summed E-state index contributed by atoms with van der Waals surface area (Å²) >= 11 is 1.13. The third-order valence-corrected chi connectivity index (χ3v) is 5.78. The number of hydrogen-bond acceptors (Lipinski definition) is 7. The lowest BCUT2D eigenvalue weighted by Gasteiger charge is -2.29. The second-order valence-corrected chi connectivity index (χ2v) is 7.97. The Kier molecular flexibility index (Phi) is 7.59. The van der Waals surface area contributed by atoms with Crippen molar-refractivity contribution in [2.75, 3.05) is 44.3 Å². The van der Waals surface area contributed by atoms with Gasteiger partial charge < -0.3 is 9.47 Å². The minimum absolute atomic E-state index is 0. The van der Waals surface area contributed by atoms with Crippen LogP contribution in [0.4, 0.5) is 18.3 Å². The maximum absolute atomic E-state index is 13.2. The number of alkyl halides is 3. The van der Waals surface area contributed by atoms with Gasteiger partial charge in [-0.05, 0) is 18.2 Å². The van der Waals surface area contributed by atoms with Crippen LogP contribution in [0, 0.1) is 0 Å². The second-order valence-electron chi connectivity index (χ2n) is 6.96. The number of rotatable bonds is 6.